The Balaban J connectivity index is 2.05. The van der Waals surface area contributed by atoms with Gasteiger partial charge in [0.15, 0.2) is 0 Å². The zero-order valence-electron chi connectivity index (χ0n) is 13.7. The minimum atomic E-state index is 0.244. The zero-order valence-corrected chi connectivity index (χ0v) is 13.7. The number of hydrogen-bond acceptors (Lipinski definition) is 2. The van der Waals surface area contributed by atoms with Gasteiger partial charge in [-0.25, -0.2) is 0 Å². The summed E-state index contributed by atoms with van der Waals surface area (Å²) in [4.78, 5) is 2.63. The first-order chi connectivity index (χ1) is 9.38. The highest BCUT2D eigenvalue weighted by atomic mass is 15.2. The Hall–Kier alpha value is -0.860. The average Bonchev–Trinajstić information content (AvgIpc) is 2.38. The van der Waals surface area contributed by atoms with E-state index in [2.05, 4.69) is 69.1 Å². The summed E-state index contributed by atoms with van der Waals surface area (Å²) in [5.74, 6) is 0.705. The molecular weight excluding hydrogens is 244 g/mol. The van der Waals surface area contributed by atoms with Crippen LogP contribution >= 0.6 is 0 Å². The van der Waals surface area contributed by atoms with Crippen molar-refractivity contribution in [2.45, 2.75) is 52.6 Å². The summed E-state index contributed by atoms with van der Waals surface area (Å²) in [6.45, 7) is 15.9. The Kier molecular flexibility index (Phi) is 4.87. The lowest BCUT2D eigenvalue weighted by molar-refractivity contribution is 0.117. The summed E-state index contributed by atoms with van der Waals surface area (Å²) < 4.78 is 0. The Bertz CT molecular complexity index is 414. The fourth-order valence-electron chi connectivity index (χ4n) is 2.97. The van der Waals surface area contributed by atoms with Gasteiger partial charge in [-0.05, 0) is 22.5 Å². The molecule has 0 aromatic heterocycles. The molecule has 2 nitrogen and oxygen atoms in total. The van der Waals surface area contributed by atoms with Crippen LogP contribution in [-0.4, -0.2) is 30.6 Å². The summed E-state index contributed by atoms with van der Waals surface area (Å²) >= 11 is 0. The lowest BCUT2D eigenvalue weighted by Gasteiger charge is -2.38. The van der Waals surface area contributed by atoms with Crippen LogP contribution in [0.15, 0.2) is 24.3 Å². The van der Waals surface area contributed by atoms with Gasteiger partial charge in [-0.1, -0.05) is 58.9 Å². The molecule has 1 aliphatic rings. The number of piperazine rings is 1. The maximum absolute atomic E-state index is 3.52. The lowest BCUT2D eigenvalue weighted by Crippen LogP contribution is -2.52. The molecule has 0 bridgehead atoms. The molecule has 1 heterocycles. The first-order valence-electron chi connectivity index (χ1n) is 7.92. The number of benzene rings is 1. The minimum Gasteiger partial charge on any atom is -0.314 e. The topological polar surface area (TPSA) is 15.3 Å². The van der Waals surface area contributed by atoms with E-state index in [4.69, 9.17) is 0 Å². The molecule has 1 saturated heterocycles. The molecule has 2 rings (SSSR count). The number of nitrogens with zero attached hydrogens (tertiary/aromatic N) is 1. The van der Waals surface area contributed by atoms with Crippen molar-refractivity contribution < 1.29 is 0 Å². The van der Waals surface area contributed by atoms with Crippen molar-refractivity contribution in [3.63, 3.8) is 0 Å². The normalized spacial score (nSPS) is 21.4. The van der Waals surface area contributed by atoms with Crippen molar-refractivity contribution in [3.05, 3.63) is 35.4 Å². The van der Waals surface area contributed by atoms with Crippen molar-refractivity contribution in [2.24, 2.45) is 5.92 Å². The highest BCUT2D eigenvalue weighted by molar-refractivity contribution is 5.27. The average molecular weight is 274 g/mol. The fourth-order valence-corrected chi connectivity index (χ4v) is 2.97. The molecule has 0 spiro atoms. The van der Waals surface area contributed by atoms with Gasteiger partial charge in [-0.2, -0.15) is 0 Å². The zero-order chi connectivity index (χ0) is 14.8. The van der Waals surface area contributed by atoms with Gasteiger partial charge < -0.3 is 5.32 Å². The van der Waals surface area contributed by atoms with Gasteiger partial charge in [0.05, 0.1) is 0 Å². The second-order valence-electron chi connectivity index (χ2n) is 7.43. The smallest absolute Gasteiger partial charge is 0.0247 e. The first kappa shape index (κ1) is 15.5. The molecule has 112 valence electrons. The molecule has 20 heavy (non-hydrogen) atoms. The SMILES string of the molecule is CC(C)C1CNCCN1Cc1ccc(C(C)(C)C)cc1. The van der Waals surface area contributed by atoms with Crippen molar-refractivity contribution in [1.82, 2.24) is 10.2 Å². The fraction of sp³-hybridized carbons (Fsp3) is 0.667. The standard InChI is InChI=1S/C18H30N2/c1-14(2)17-12-19-10-11-20(17)13-15-6-8-16(9-7-15)18(3,4)5/h6-9,14,17,19H,10-13H2,1-5H3. The molecule has 1 atom stereocenters. The second kappa shape index (κ2) is 6.28. The van der Waals surface area contributed by atoms with Crippen LogP contribution in [0.25, 0.3) is 0 Å². The van der Waals surface area contributed by atoms with Crippen LogP contribution < -0.4 is 5.32 Å². The molecule has 0 amide bonds. The van der Waals surface area contributed by atoms with E-state index in [0.717, 1.165) is 26.2 Å². The van der Waals surface area contributed by atoms with Gasteiger partial charge in [0.1, 0.15) is 0 Å². The Labute approximate surface area is 124 Å². The van der Waals surface area contributed by atoms with Gasteiger partial charge in [-0.15, -0.1) is 0 Å². The molecule has 0 aliphatic carbocycles. The molecule has 1 N–H and O–H groups in total. The molecule has 1 fully saturated rings. The van der Waals surface area contributed by atoms with Crippen molar-refractivity contribution in [2.75, 3.05) is 19.6 Å². The highest BCUT2D eigenvalue weighted by Crippen LogP contribution is 2.23. The molecule has 1 aromatic carbocycles. The molecule has 2 heteroatoms. The van der Waals surface area contributed by atoms with Crippen LogP contribution in [0.4, 0.5) is 0 Å². The van der Waals surface area contributed by atoms with Crippen LogP contribution in [0.3, 0.4) is 0 Å². The van der Waals surface area contributed by atoms with E-state index < -0.39 is 0 Å². The van der Waals surface area contributed by atoms with E-state index >= 15 is 0 Å². The molecule has 0 saturated carbocycles. The van der Waals surface area contributed by atoms with E-state index in [0.29, 0.717) is 12.0 Å². The Morgan fingerprint density at radius 2 is 1.85 bits per heavy atom. The molecule has 1 aromatic rings. The van der Waals surface area contributed by atoms with Crippen LogP contribution in [-0.2, 0) is 12.0 Å². The van der Waals surface area contributed by atoms with E-state index in [-0.39, 0.29) is 5.41 Å². The predicted molar refractivity (Wildman–Crippen MR) is 87.0 cm³/mol. The first-order valence-corrected chi connectivity index (χ1v) is 7.92. The molecular formula is C18H30N2. The Morgan fingerprint density at radius 1 is 1.20 bits per heavy atom. The maximum atomic E-state index is 3.52. The van der Waals surface area contributed by atoms with E-state index in [1.54, 1.807) is 0 Å². The third-order valence-electron chi connectivity index (χ3n) is 4.37. The molecule has 1 unspecified atom stereocenters. The van der Waals surface area contributed by atoms with Crippen molar-refractivity contribution in [1.29, 1.82) is 0 Å². The number of rotatable bonds is 3. The van der Waals surface area contributed by atoms with Crippen molar-refractivity contribution in [3.8, 4) is 0 Å². The number of hydrogen-bond donors (Lipinski definition) is 1. The molecule has 0 radical (unpaired) electrons. The second-order valence-corrected chi connectivity index (χ2v) is 7.43. The van der Waals surface area contributed by atoms with E-state index in [9.17, 15) is 0 Å². The minimum absolute atomic E-state index is 0.244. The summed E-state index contributed by atoms with van der Waals surface area (Å²) in [6, 6.07) is 9.86. The summed E-state index contributed by atoms with van der Waals surface area (Å²) in [5.41, 5.74) is 3.10. The van der Waals surface area contributed by atoms with Crippen LogP contribution in [0, 0.1) is 5.92 Å². The van der Waals surface area contributed by atoms with Gasteiger partial charge in [0.25, 0.3) is 0 Å². The lowest BCUT2D eigenvalue weighted by atomic mass is 9.86. The summed E-state index contributed by atoms with van der Waals surface area (Å²) in [6.07, 6.45) is 0. The third-order valence-corrected chi connectivity index (χ3v) is 4.37. The monoisotopic (exact) mass is 274 g/mol. The Morgan fingerprint density at radius 3 is 2.40 bits per heavy atom. The largest absolute Gasteiger partial charge is 0.314 e. The highest BCUT2D eigenvalue weighted by Gasteiger charge is 2.24. The van der Waals surface area contributed by atoms with Gasteiger partial charge in [0, 0.05) is 32.2 Å². The third kappa shape index (κ3) is 3.83. The number of nitrogens with one attached hydrogen (secondary N) is 1. The predicted octanol–water partition coefficient (Wildman–Crippen LogP) is 3.41. The van der Waals surface area contributed by atoms with Crippen LogP contribution in [0.2, 0.25) is 0 Å². The quantitative estimate of drug-likeness (QED) is 0.908. The van der Waals surface area contributed by atoms with Crippen LogP contribution in [0.1, 0.15) is 45.7 Å². The molecule has 1 aliphatic heterocycles. The van der Waals surface area contributed by atoms with E-state index in [1.807, 2.05) is 0 Å². The summed E-state index contributed by atoms with van der Waals surface area (Å²) in [7, 11) is 0. The maximum Gasteiger partial charge on any atom is 0.0247 e. The van der Waals surface area contributed by atoms with E-state index in [1.165, 1.54) is 11.1 Å². The van der Waals surface area contributed by atoms with Crippen LogP contribution in [0.5, 0.6) is 0 Å². The van der Waals surface area contributed by atoms with Crippen molar-refractivity contribution >= 4 is 0 Å². The van der Waals surface area contributed by atoms with Gasteiger partial charge in [0.2, 0.25) is 0 Å². The van der Waals surface area contributed by atoms with Gasteiger partial charge >= 0.3 is 0 Å². The van der Waals surface area contributed by atoms with Gasteiger partial charge in [-0.3, -0.25) is 4.90 Å². The summed E-state index contributed by atoms with van der Waals surface area (Å²) in [5, 5.41) is 3.52.